The highest BCUT2D eigenvalue weighted by atomic mass is 35.5. The largest absolute Gasteiger partial charge is 0.493 e. The zero-order chi connectivity index (χ0) is 22.9. The van der Waals surface area contributed by atoms with Crippen molar-refractivity contribution in [2.24, 2.45) is 5.10 Å². The van der Waals surface area contributed by atoms with Crippen LogP contribution in [-0.2, 0) is 20.9 Å². The second-order valence-electron chi connectivity index (χ2n) is 6.98. The van der Waals surface area contributed by atoms with Crippen LogP contribution in [-0.4, -0.2) is 44.4 Å². The van der Waals surface area contributed by atoms with Gasteiger partial charge in [-0.25, -0.2) is 5.43 Å². The maximum Gasteiger partial charge on any atom is 0.329 e. The third kappa shape index (κ3) is 6.85. The number of methoxy groups -OCH3 is 1. The van der Waals surface area contributed by atoms with Crippen LogP contribution in [0.1, 0.15) is 24.0 Å². The normalized spacial score (nSPS) is 15.5. The SMILES string of the molecule is COc1cc(/C=N\NC(=O)C(=O)NC[C@@H]2CCCO2)ccc1OCc1ccc(Cl)cc1Cl. The second kappa shape index (κ2) is 11.7. The van der Waals surface area contributed by atoms with E-state index in [0.717, 1.165) is 18.4 Å². The van der Waals surface area contributed by atoms with E-state index in [1.165, 1.54) is 13.3 Å². The van der Waals surface area contributed by atoms with Gasteiger partial charge in [-0.2, -0.15) is 5.10 Å². The summed E-state index contributed by atoms with van der Waals surface area (Å²) in [4.78, 5) is 23.7. The number of hydrogen-bond acceptors (Lipinski definition) is 6. The fraction of sp³-hybridized carbons (Fsp3) is 0.318. The van der Waals surface area contributed by atoms with Gasteiger partial charge in [0.15, 0.2) is 11.5 Å². The van der Waals surface area contributed by atoms with Crippen LogP contribution in [0.5, 0.6) is 11.5 Å². The Labute approximate surface area is 195 Å². The summed E-state index contributed by atoms with van der Waals surface area (Å²) in [6.45, 7) is 1.21. The van der Waals surface area contributed by atoms with Crippen molar-refractivity contribution < 1.29 is 23.8 Å². The van der Waals surface area contributed by atoms with Gasteiger partial charge in [0.2, 0.25) is 0 Å². The highest BCUT2D eigenvalue weighted by Gasteiger charge is 2.19. The van der Waals surface area contributed by atoms with Crippen LogP contribution in [0, 0.1) is 0 Å². The average Bonchev–Trinajstić information content (AvgIpc) is 3.31. The highest BCUT2D eigenvalue weighted by molar-refractivity contribution is 6.35. The Kier molecular flexibility index (Phi) is 8.72. The molecular weight excluding hydrogens is 457 g/mol. The van der Waals surface area contributed by atoms with Crippen molar-refractivity contribution >= 4 is 41.2 Å². The Morgan fingerprint density at radius 2 is 2.03 bits per heavy atom. The summed E-state index contributed by atoms with van der Waals surface area (Å²) in [6, 6.07) is 10.3. The highest BCUT2D eigenvalue weighted by Crippen LogP contribution is 2.29. The molecule has 0 unspecified atom stereocenters. The Morgan fingerprint density at radius 3 is 2.75 bits per heavy atom. The van der Waals surface area contributed by atoms with Gasteiger partial charge in [-0.15, -0.1) is 0 Å². The number of hydrazone groups is 1. The zero-order valence-corrected chi connectivity index (χ0v) is 18.9. The topological polar surface area (TPSA) is 98.2 Å². The summed E-state index contributed by atoms with van der Waals surface area (Å²) in [5.74, 6) is -0.640. The zero-order valence-electron chi connectivity index (χ0n) is 17.4. The molecule has 3 rings (SSSR count). The lowest BCUT2D eigenvalue weighted by Crippen LogP contribution is -2.41. The number of rotatable bonds is 8. The average molecular weight is 480 g/mol. The molecule has 32 heavy (non-hydrogen) atoms. The van der Waals surface area contributed by atoms with E-state index in [4.69, 9.17) is 37.4 Å². The van der Waals surface area contributed by atoms with Crippen LogP contribution in [0.3, 0.4) is 0 Å². The van der Waals surface area contributed by atoms with E-state index in [-0.39, 0.29) is 12.7 Å². The molecule has 1 aliphatic heterocycles. The molecule has 1 fully saturated rings. The number of hydrogen-bond donors (Lipinski definition) is 2. The Morgan fingerprint density at radius 1 is 1.19 bits per heavy atom. The van der Waals surface area contributed by atoms with Gasteiger partial charge in [0.25, 0.3) is 0 Å². The van der Waals surface area contributed by atoms with Gasteiger partial charge >= 0.3 is 11.8 Å². The lowest BCUT2D eigenvalue weighted by molar-refractivity contribution is -0.139. The van der Waals surface area contributed by atoms with Crippen LogP contribution in [0.4, 0.5) is 0 Å². The molecule has 10 heteroatoms. The first kappa shape index (κ1) is 23.8. The summed E-state index contributed by atoms with van der Waals surface area (Å²) in [6.07, 6.45) is 3.18. The van der Waals surface area contributed by atoms with E-state index in [1.807, 2.05) is 0 Å². The van der Waals surface area contributed by atoms with Crippen LogP contribution in [0.2, 0.25) is 10.0 Å². The van der Waals surface area contributed by atoms with Gasteiger partial charge in [0.05, 0.1) is 19.4 Å². The molecular formula is C22H23Cl2N3O5. The summed E-state index contributed by atoms with van der Waals surface area (Å²) in [5, 5.41) is 7.41. The molecule has 1 saturated heterocycles. The van der Waals surface area contributed by atoms with E-state index in [0.29, 0.717) is 40.3 Å². The standard InChI is InChI=1S/C22H23Cl2N3O5/c1-30-20-9-14(4-7-19(20)32-13-15-5-6-16(23)10-18(15)24)11-26-27-22(29)21(28)25-12-17-3-2-8-31-17/h4-7,9-11,17H,2-3,8,12-13H2,1H3,(H,25,28)(H,27,29)/b26-11-/t17-/m0/s1. The number of benzene rings is 2. The molecule has 2 aromatic carbocycles. The summed E-state index contributed by atoms with van der Waals surface area (Å²) in [7, 11) is 1.51. The maximum atomic E-state index is 11.8. The van der Waals surface area contributed by atoms with Crippen molar-refractivity contribution in [3.63, 3.8) is 0 Å². The van der Waals surface area contributed by atoms with Crippen LogP contribution >= 0.6 is 23.2 Å². The minimum atomic E-state index is -0.856. The van der Waals surface area contributed by atoms with Crippen molar-refractivity contribution in [1.29, 1.82) is 0 Å². The quantitative estimate of drug-likeness (QED) is 0.343. The molecule has 8 nitrogen and oxygen atoms in total. The predicted molar refractivity (Wildman–Crippen MR) is 122 cm³/mol. The predicted octanol–water partition coefficient (Wildman–Crippen LogP) is 3.33. The van der Waals surface area contributed by atoms with E-state index >= 15 is 0 Å². The van der Waals surface area contributed by atoms with Gasteiger partial charge in [0.1, 0.15) is 6.61 Å². The van der Waals surface area contributed by atoms with Crippen molar-refractivity contribution in [3.8, 4) is 11.5 Å². The molecule has 170 valence electrons. The monoisotopic (exact) mass is 479 g/mol. The minimum absolute atomic E-state index is 0.0424. The van der Waals surface area contributed by atoms with Gasteiger partial charge < -0.3 is 19.5 Å². The first-order chi connectivity index (χ1) is 15.5. The van der Waals surface area contributed by atoms with Crippen molar-refractivity contribution in [2.75, 3.05) is 20.3 Å². The number of carbonyl (C=O) groups excluding carboxylic acids is 2. The molecule has 1 atom stereocenters. The summed E-state index contributed by atoms with van der Waals surface area (Å²) < 4.78 is 16.6. The summed E-state index contributed by atoms with van der Waals surface area (Å²) in [5.41, 5.74) is 3.62. The van der Waals surface area contributed by atoms with E-state index in [1.54, 1.807) is 36.4 Å². The lowest BCUT2D eigenvalue weighted by atomic mass is 10.2. The van der Waals surface area contributed by atoms with Gasteiger partial charge in [-0.1, -0.05) is 29.3 Å². The molecule has 0 bridgehead atoms. The maximum absolute atomic E-state index is 11.8. The molecule has 0 aromatic heterocycles. The lowest BCUT2D eigenvalue weighted by Gasteiger charge is -2.12. The van der Waals surface area contributed by atoms with Gasteiger partial charge in [-0.3, -0.25) is 9.59 Å². The Hall–Kier alpha value is -2.81. The molecule has 1 heterocycles. The van der Waals surface area contributed by atoms with E-state index < -0.39 is 11.8 Å². The Bertz CT molecular complexity index is 994. The minimum Gasteiger partial charge on any atom is -0.493 e. The smallest absolute Gasteiger partial charge is 0.329 e. The van der Waals surface area contributed by atoms with E-state index in [2.05, 4.69) is 15.8 Å². The number of ether oxygens (including phenoxy) is 3. The van der Waals surface area contributed by atoms with Crippen LogP contribution in [0.25, 0.3) is 0 Å². The molecule has 0 saturated carbocycles. The number of nitrogens with one attached hydrogen (secondary N) is 2. The fourth-order valence-electron chi connectivity index (χ4n) is 2.99. The first-order valence-electron chi connectivity index (χ1n) is 9.94. The first-order valence-corrected chi connectivity index (χ1v) is 10.7. The van der Waals surface area contributed by atoms with Crippen molar-refractivity contribution in [1.82, 2.24) is 10.7 Å². The van der Waals surface area contributed by atoms with Crippen molar-refractivity contribution in [3.05, 3.63) is 57.6 Å². The van der Waals surface area contributed by atoms with Gasteiger partial charge in [-0.05, 0) is 48.7 Å². The molecule has 0 spiro atoms. The Balaban J connectivity index is 1.52. The third-order valence-corrected chi connectivity index (χ3v) is 5.27. The summed E-state index contributed by atoms with van der Waals surface area (Å²) >= 11 is 12.1. The molecule has 1 aliphatic rings. The molecule has 0 radical (unpaired) electrons. The van der Waals surface area contributed by atoms with Crippen LogP contribution in [0.15, 0.2) is 41.5 Å². The van der Waals surface area contributed by atoms with E-state index in [9.17, 15) is 9.59 Å². The second-order valence-corrected chi connectivity index (χ2v) is 7.82. The van der Waals surface area contributed by atoms with Crippen molar-refractivity contribution in [2.45, 2.75) is 25.6 Å². The van der Waals surface area contributed by atoms with Crippen LogP contribution < -0.4 is 20.2 Å². The number of amides is 2. The third-order valence-electron chi connectivity index (χ3n) is 4.69. The number of halogens is 2. The molecule has 2 amide bonds. The number of carbonyl (C=O) groups is 2. The van der Waals surface area contributed by atoms with Gasteiger partial charge in [0, 0.05) is 28.8 Å². The molecule has 2 aromatic rings. The molecule has 2 N–H and O–H groups in total. The fourth-order valence-corrected chi connectivity index (χ4v) is 3.45. The number of nitrogens with zero attached hydrogens (tertiary/aromatic N) is 1. The molecule has 0 aliphatic carbocycles.